The molecule has 1 unspecified atom stereocenters. The normalized spacial score (nSPS) is 15.5. The first kappa shape index (κ1) is 19.6. The fourth-order valence-corrected chi connectivity index (χ4v) is 4.31. The van der Waals surface area contributed by atoms with E-state index in [-0.39, 0.29) is 0 Å². The van der Waals surface area contributed by atoms with E-state index in [1.54, 1.807) is 24.6 Å². The average molecular weight is 410 g/mol. The van der Waals surface area contributed by atoms with Crippen LogP contribution in [0.2, 0.25) is 0 Å². The number of fused-ring (bicyclic) bond motifs is 1. The van der Waals surface area contributed by atoms with Gasteiger partial charge in [0.2, 0.25) is 0 Å². The second-order valence-corrected chi connectivity index (χ2v) is 8.73. The summed E-state index contributed by atoms with van der Waals surface area (Å²) in [6.07, 6.45) is 8.07. The summed E-state index contributed by atoms with van der Waals surface area (Å²) < 4.78 is 7.41. The van der Waals surface area contributed by atoms with Gasteiger partial charge in [-0.2, -0.15) is 5.10 Å². The Balaban J connectivity index is 1.40. The standard InChI is InChI=1S/C22H27N5OS/c1-14(21-20(28-3)6-7-29-21)10-24-15(2)8-19(23)17-9-18-12-26-27(13-16-4-5-16)22(18)25-11-17/h6-9,11-12,14,16,23-24H,4-5,10,13H2,1-3H3/b15-8+,23-19?. The van der Waals surface area contributed by atoms with E-state index < -0.39 is 0 Å². The first-order valence-corrected chi connectivity index (χ1v) is 10.9. The van der Waals surface area contributed by atoms with E-state index in [0.29, 0.717) is 11.6 Å². The van der Waals surface area contributed by atoms with Crippen LogP contribution in [-0.2, 0) is 6.54 Å². The van der Waals surface area contributed by atoms with Crippen LogP contribution in [0.4, 0.5) is 0 Å². The number of methoxy groups -OCH3 is 1. The Kier molecular flexibility index (Phi) is 5.67. The largest absolute Gasteiger partial charge is 0.496 e. The Morgan fingerprint density at radius 2 is 2.28 bits per heavy atom. The molecule has 6 nitrogen and oxygen atoms in total. The molecular formula is C22H27N5OS. The molecule has 1 fully saturated rings. The fraction of sp³-hybridized carbons (Fsp3) is 0.409. The summed E-state index contributed by atoms with van der Waals surface area (Å²) in [7, 11) is 1.71. The molecule has 1 aliphatic carbocycles. The Bertz CT molecular complexity index is 1050. The van der Waals surface area contributed by atoms with Gasteiger partial charge in [-0.25, -0.2) is 9.67 Å². The number of ether oxygens (including phenoxy) is 1. The van der Waals surface area contributed by atoms with Gasteiger partial charge in [-0.05, 0) is 49.3 Å². The number of hydrogen-bond donors (Lipinski definition) is 2. The van der Waals surface area contributed by atoms with Crippen molar-refractivity contribution in [3.8, 4) is 5.75 Å². The smallest absolute Gasteiger partial charge is 0.157 e. The lowest BCUT2D eigenvalue weighted by Gasteiger charge is -2.14. The maximum absolute atomic E-state index is 8.45. The Morgan fingerprint density at radius 1 is 1.45 bits per heavy atom. The summed E-state index contributed by atoms with van der Waals surface area (Å²) in [6.45, 7) is 5.91. The number of nitrogens with zero attached hydrogens (tertiary/aromatic N) is 3. The van der Waals surface area contributed by atoms with E-state index in [1.807, 2.05) is 36.0 Å². The minimum absolute atomic E-state index is 0.331. The Labute approximate surface area is 175 Å². The van der Waals surface area contributed by atoms with Gasteiger partial charge in [0.15, 0.2) is 5.65 Å². The van der Waals surface area contributed by atoms with Gasteiger partial charge >= 0.3 is 0 Å². The van der Waals surface area contributed by atoms with Crippen LogP contribution in [0.15, 0.2) is 41.7 Å². The van der Waals surface area contributed by atoms with Gasteiger partial charge in [0.1, 0.15) is 5.75 Å². The zero-order valence-corrected chi connectivity index (χ0v) is 17.9. The van der Waals surface area contributed by atoms with Crippen molar-refractivity contribution in [1.82, 2.24) is 20.1 Å². The van der Waals surface area contributed by atoms with Gasteiger partial charge in [-0.3, -0.25) is 0 Å². The maximum Gasteiger partial charge on any atom is 0.157 e. The number of aromatic nitrogens is 3. The van der Waals surface area contributed by atoms with E-state index in [1.165, 1.54) is 17.7 Å². The molecule has 7 heteroatoms. The number of allylic oxidation sites excluding steroid dienone is 2. The van der Waals surface area contributed by atoms with Crippen molar-refractivity contribution >= 4 is 28.1 Å². The monoisotopic (exact) mass is 409 g/mol. The molecule has 0 aliphatic heterocycles. The summed E-state index contributed by atoms with van der Waals surface area (Å²) in [6, 6.07) is 4.01. The minimum Gasteiger partial charge on any atom is -0.496 e. The summed E-state index contributed by atoms with van der Waals surface area (Å²) in [5.74, 6) is 2.03. The Hall–Kier alpha value is -2.67. The third-order valence-corrected chi connectivity index (χ3v) is 6.42. The van der Waals surface area contributed by atoms with Crippen molar-refractivity contribution in [3.63, 3.8) is 0 Å². The van der Waals surface area contributed by atoms with Crippen molar-refractivity contribution in [3.05, 3.63) is 52.1 Å². The molecule has 1 aliphatic rings. The van der Waals surface area contributed by atoms with Gasteiger partial charge in [-0.1, -0.05) is 6.92 Å². The minimum atomic E-state index is 0.331. The van der Waals surface area contributed by atoms with Gasteiger partial charge in [-0.15, -0.1) is 11.3 Å². The van der Waals surface area contributed by atoms with Gasteiger partial charge in [0, 0.05) is 41.9 Å². The molecule has 0 amide bonds. The fourth-order valence-electron chi connectivity index (χ4n) is 3.39. The number of thiophene rings is 1. The van der Waals surface area contributed by atoms with Gasteiger partial charge in [0.25, 0.3) is 0 Å². The zero-order valence-electron chi connectivity index (χ0n) is 17.1. The highest BCUT2D eigenvalue weighted by Crippen LogP contribution is 2.32. The maximum atomic E-state index is 8.45. The lowest BCUT2D eigenvalue weighted by atomic mass is 10.1. The molecule has 152 valence electrons. The molecule has 1 saturated carbocycles. The molecule has 0 saturated heterocycles. The molecular weight excluding hydrogens is 382 g/mol. The van der Waals surface area contributed by atoms with Crippen molar-refractivity contribution in [2.45, 2.75) is 39.2 Å². The molecule has 4 rings (SSSR count). The van der Waals surface area contributed by atoms with Crippen molar-refractivity contribution < 1.29 is 4.74 Å². The van der Waals surface area contributed by atoms with Crippen molar-refractivity contribution in [1.29, 1.82) is 5.41 Å². The lowest BCUT2D eigenvalue weighted by Crippen LogP contribution is -2.18. The van der Waals surface area contributed by atoms with Gasteiger partial charge < -0.3 is 15.5 Å². The summed E-state index contributed by atoms with van der Waals surface area (Å²) in [4.78, 5) is 5.81. The van der Waals surface area contributed by atoms with E-state index in [0.717, 1.165) is 47.1 Å². The second kappa shape index (κ2) is 8.37. The summed E-state index contributed by atoms with van der Waals surface area (Å²) in [5, 5.41) is 19.4. The predicted octanol–water partition coefficient (Wildman–Crippen LogP) is 4.58. The second-order valence-electron chi connectivity index (χ2n) is 7.78. The van der Waals surface area contributed by atoms with E-state index >= 15 is 0 Å². The molecule has 3 heterocycles. The SMILES string of the molecule is COc1ccsc1C(C)CN/C(C)=C/C(=N)c1cnc2c(cnn2CC2CC2)c1. The third kappa shape index (κ3) is 4.50. The third-order valence-electron chi connectivity index (χ3n) is 5.29. The van der Waals surface area contributed by atoms with Crippen molar-refractivity contribution in [2.24, 2.45) is 5.92 Å². The van der Waals surface area contributed by atoms with Crippen LogP contribution in [0, 0.1) is 11.3 Å². The summed E-state index contributed by atoms with van der Waals surface area (Å²) >= 11 is 1.71. The van der Waals surface area contributed by atoms with E-state index in [2.05, 4.69) is 27.7 Å². The molecule has 0 spiro atoms. The number of rotatable bonds is 9. The lowest BCUT2D eigenvalue weighted by molar-refractivity contribution is 0.409. The molecule has 2 N–H and O–H groups in total. The predicted molar refractivity (Wildman–Crippen MR) is 118 cm³/mol. The number of nitrogens with one attached hydrogen (secondary N) is 2. The van der Waals surface area contributed by atoms with E-state index in [9.17, 15) is 0 Å². The van der Waals surface area contributed by atoms with Crippen LogP contribution < -0.4 is 10.1 Å². The Morgan fingerprint density at radius 3 is 3.03 bits per heavy atom. The van der Waals surface area contributed by atoms with Crippen LogP contribution in [0.25, 0.3) is 11.0 Å². The van der Waals surface area contributed by atoms with Crippen LogP contribution >= 0.6 is 11.3 Å². The van der Waals surface area contributed by atoms with Crippen LogP contribution in [0.1, 0.15) is 43.0 Å². The number of pyridine rings is 1. The first-order valence-electron chi connectivity index (χ1n) is 9.99. The van der Waals surface area contributed by atoms with Gasteiger partial charge in [0.05, 0.1) is 23.9 Å². The van der Waals surface area contributed by atoms with Crippen LogP contribution in [0.5, 0.6) is 5.75 Å². The highest BCUT2D eigenvalue weighted by molar-refractivity contribution is 7.10. The van der Waals surface area contributed by atoms with Crippen LogP contribution in [-0.4, -0.2) is 34.1 Å². The molecule has 1 atom stereocenters. The first-order chi connectivity index (χ1) is 14.0. The highest BCUT2D eigenvalue weighted by atomic mass is 32.1. The number of hydrogen-bond acceptors (Lipinski definition) is 6. The molecule has 3 aromatic rings. The van der Waals surface area contributed by atoms with E-state index in [4.69, 9.17) is 10.1 Å². The highest BCUT2D eigenvalue weighted by Gasteiger charge is 2.23. The molecule has 0 aromatic carbocycles. The zero-order chi connectivity index (χ0) is 20.4. The van der Waals surface area contributed by atoms with Crippen molar-refractivity contribution in [2.75, 3.05) is 13.7 Å². The van der Waals surface area contributed by atoms with Crippen LogP contribution in [0.3, 0.4) is 0 Å². The molecule has 3 aromatic heterocycles. The molecule has 29 heavy (non-hydrogen) atoms. The molecule has 0 radical (unpaired) electrons. The molecule has 0 bridgehead atoms. The topological polar surface area (TPSA) is 75.8 Å². The quantitative estimate of drug-likeness (QED) is 0.507. The average Bonchev–Trinajstić information content (AvgIpc) is 3.25. The summed E-state index contributed by atoms with van der Waals surface area (Å²) in [5.41, 5.74) is 3.12.